The number of aromatic amines is 1. The molecule has 114 valence electrons. The predicted molar refractivity (Wildman–Crippen MR) is 87.1 cm³/mol. The zero-order valence-corrected chi connectivity index (χ0v) is 13.3. The van der Waals surface area contributed by atoms with Crippen molar-refractivity contribution in [1.29, 1.82) is 5.26 Å². The van der Waals surface area contributed by atoms with Crippen molar-refractivity contribution in [3.63, 3.8) is 0 Å². The van der Waals surface area contributed by atoms with Gasteiger partial charge in [0.2, 0.25) is 0 Å². The van der Waals surface area contributed by atoms with Gasteiger partial charge in [-0.1, -0.05) is 17.7 Å². The van der Waals surface area contributed by atoms with Crippen molar-refractivity contribution in [1.82, 2.24) is 15.1 Å². The van der Waals surface area contributed by atoms with E-state index in [2.05, 4.69) is 53.2 Å². The van der Waals surface area contributed by atoms with Crippen LogP contribution in [-0.2, 0) is 6.54 Å². The molecule has 0 saturated carbocycles. The maximum Gasteiger partial charge on any atom is 0.0698 e. The molecule has 0 amide bonds. The van der Waals surface area contributed by atoms with Crippen LogP contribution in [0.1, 0.15) is 29.5 Å². The lowest BCUT2D eigenvalue weighted by Gasteiger charge is -2.28. The summed E-state index contributed by atoms with van der Waals surface area (Å²) in [5.74, 6) is 0.235. The number of hydrogen-bond acceptors (Lipinski definition) is 3. The van der Waals surface area contributed by atoms with Crippen LogP contribution in [-0.4, -0.2) is 28.2 Å². The van der Waals surface area contributed by atoms with Crippen molar-refractivity contribution in [2.75, 3.05) is 13.1 Å². The maximum absolute atomic E-state index is 9.00. The SMILES string of the molecule is Cc1ccc(C)c(-c2[nH]ncc2CN2CCC(C#N)CC2)c1. The van der Waals surface area contributed by atoms with E-state index in [1.54, 1.807) is 0 Å². The fourth-order valence-corrected chi connectivity index (χ4v) is 3.13. The van der Waals surface area contributed by atoms with Crippen LogP contribution in [0.5, 0.6) is 0 Å². The van der Waals surface area contributed by atoms with Gasteiger partial charge in [0.05, 0.1) is 18.0 Å². The van der Waals surface area contributed by atoms with Gasteiger partial charge in [0.15, 0.2) is 0 Å². The molecule has 1 aliphatic rings. The van der Waals surface area contributed by atoms with E-state index in [0.717, 1.165) is 38.2 Å². The molecule has 2 aromatic rings. The first-order chi connectivity index (χ1) is 10.7. The van der Waals surface area contributed by atoms with Gasteiger partial charge in [-0.15, -0.1) is 0 Å². The monoisotopic (exact) mass is 294 g/mol. The third kappa shape index (κ3) is 3.05. The molecule has 0 unspecified atom stereocenters. The summed E-state index contributed by atoms with van der Waals surface area (Å²) < 4.78 is 0. The van der Waals surface area contributed by atoms with Gasteiger partial charge in [0, 0.05) is 23.6 Å². The molecule has 1 aromatic carbocycles. The molecule has 0 spiro atoms. The first kappa shape index (κ1) is 14.8. The molecule has 1 N–H and O–H groups in total. The van der Waals surface area contributed by atoms with Gasteiger partial charge < -0.3 is 0 Å². The van der Waals surface area contributed by atoms with Gasteiger partial charge in [-0.05, 0) is 51.4 Å². The standard InChI is InChI=1S/C18H22N4/c1-13-3-4-14(2)17(9-13)18-16(11-20-21-18)12-22-7-5-15(10-19)6-8-22/h3-4,9,11,15H,5-8,12H2,1-2H3,(H,20,21). The molecule has 4 heteroatoms. The molecule has 3 rings (SSSR count). The van der Waals surface area contributed by atoms with Gasteiger partial charge >= 0.3 is 0 Å². The summed E-state index contributed by atoms with van der Waals surface area (Å²) in [4.78, 5) is 2.42. The van der Waals surface area contributed by atoms with Crippen LogP contribution in [0.2, 0.25) is 0 Å². The van der Waals surface area contributed by atoms with Crippen molar-refractivity contribution >= 4 is 0 Å². The van der Waals surface area contributed by atoms with Gasteiger partial charge in [-0.2, -0.15) is 10.4 Å². The molecule has 0 aliphatic carbocycles. The Bertz CT molecular complexity index is 687. The minimum atomic E-state index is 0.235. The zero-order chi connectivity index (χ0) is 15.5. The van der Waals surface area contributed by atoms with E-state index in [-0.39, 0.29) is 5.92 Å². The largest absolute Gasteiger partial charge is 0.299 e. The Morgan fingerprint density at radius 2 is 2.09 bits per heavy atom. The summed E-state index contributed by atoms with van der Waals surface area (Å²) in [6, 6.07) is 8.91. The van der Waals surface area contributed by atoms with Crippen molar-refractivity contribution in [3.05, 3.63) is 41.1 Å². The maximum atomic E-state index is 9.00. The third-order valence-electron chi connectivity index (χ3n) is 4.54. The van der Waals surface area contributed by atoms with Gasteiger partial charge in [-0.3, -0.25) is 10.00 Å². The molecule has 4 nitrogen and oxygen atoms in total. The van der Waals surface area contributed by atoms with Crippen LogP contribution >= 0.6 is 0 Å². The summed E-state index contributed by atoms with van der Waals surface area (Å²) in [6.45, 7) is 7.14. The number of aromatic nitrogens is 2. The number of nitrogens with zero attached hydrogens (tertiary/aromatic N) is 3. The van der Waals surface area contributed by atoms with E-state index in [4.69, 9.17) is 5.26 Å². The molecule has 1 aliphatic heterocycles. The number of piperidine rings is 1. The molecule has 1 fully saturated rings. The summed E-state index contributed by atoms with van der Waals surface area (Å²) in [7, 11) is 0. The van der Waals surface area contributed by atoms with Crippen LogP contribution in [0.25, 0.3) is 11.3 Å². The number of aryl methyl sites for hydroxylation is 2. The lowest BCUT2D eigenvalue weighted by atomic mass is 9.97. The predicted octanol–water partition coefficient (Wildman–Crippen LogP) is 3.43. The van der Waals surface area contributed by atoms with Gasteiger partial charge in [-0.25, -0.2) is 0 Å². The lowest BCUT2D eigenvalue weighted by molar-refractivity contribution is 0.198. The second-order valence-corrected chi connectivity index (χ2v) is 6.27. The highest BCUT2D eigenvalue weighted by atomic mass is 15.2. The number of likely N-dealkylation sites (tertiary alicyclic amines) is 1. The molecule has 0 atom stereocenters. The van der Waals surface area contributed by atoms with Crippen molar-refractivity contribution in [3.8, 4) is 17.3 Å². The van der Waals surface area contributed by atoms with E-state index in [1.807, 2.05) is 6.20 Å². The number of H-pyrrole nitrogens is 1. The smallest absolute Gasteiger partial charge is 0.0698 e. The van der Waals surface area contributed by atoms with Crippen molar-refractivity contribution in [2.24, 2.45) is 5.92 Å². The van der Waals surface area contributed by atoms with E-state index in [0.29, 0.717) is 0 Å². The number of nitrogens with one attached hydrogen (secondary N) is 1. The molecule has 0 radical (unpaired) electrons. The highest BCUT2D eigenvalue weighted by Crippen LogP contribution is 2.27. The topological polar surface area (TPSA) is 55.7 Å². The molecule has 0 bridgehead atoms. The van der Waals surface area contributed by atoms with Crippen LogP contribution in [0.3, 0.4) is 0 Å². The third-order valence-corrected chi connectivity index (χ3v) is 4.54. The van der Waals surface area contributed by atoms with Crippen LogP contribution in [0.15, 0.2) is 24.4 Å². The van der Waals surface area contributed by atoms with Crippen LogP contribution in [0.4, 0.5) is 0 Å². The first-order valence-corrected chi connectivity index (χ1v) is 7.89. The highest BCUT2D eigenvalue weighted by Gasteiger charge is 2.20. The Kier molecular flexibility index (Phi) is 4.26. The molecule has 2 heterocycles. The second kappa shape index (κ2) is 6.33. The summed E-state index contributed by atoms with van der Waals surface area (Å²) in [6.07, 6.45) is 3.90. The van der Waals surface area contributed by atoms with E-state index >= 15 is 0 Å². The number of benzene rings is 1. The van der Waals surface area contributed by atoms with Crippen molar-refractivity contribution < 1.29 is 0 Å². The van der Waals surface area contributed by atoms with Gasteiger partial charge in [0.25, 0.3) is 0 Å². The van der Waals surface area contributed by atoms with E-state index in [1.165, 1.54) is 22.3 Å². The number of hydrogen-bond donors (Lipinski definition) is 1. The van der Waals surface area contributed by atoms with E-state index in [9.17, 15) is 0 Å². The minimum absolute atomic E-state index is 0.235. The fourth-order valence-electron chi connectivity index (χ4n) is 3.13. The summed E-state index contributed by atoms with van der Waals surface area (Å²) in [5.41, 5.74) is 6.13. The quantitative estimate of drug-likeness (QED) is 0.943. The number of nitriles is 1. The Balaban J connectivity index is 1.78. The first-order valence-electron chi connectivity index (χ1n) is 7.89. The molecule has 1 saturated heterocycles. The zero-order valence-electron chi connectivity index (χ0n) is 13.3. The van der Waals surface area contributed by atoms with Crippen molar-refractivity contribution in [2.45, 2.75) is 33.2 Å². The Labute approximate surface area is 131 Å². The molecule has 1 aromatic heterocycles. The summed E-state index contributed by atoms with van der Waals surface area (Å²) in [5, 5.41) is 16.4. The Morgan fingerprint density at radius 1 is 1.32 bits per heavy atom. The number of rotatable bonds is 3. The molecular formula is C18H22N4. The van der Waals surface area contributed by atoms with E-state index < -0.39 is 0 Å². The lowest BCUT2D eigenvalue weighted by Crippen LogP contribution is -2.32. The summed E-state index contributed by atoms with van der Waals surface area (Å²) >= 11 is 0. The average Bonchev–Trinajstić information content (AvgIpc) is 2.98. The van der Waals surface area contributed by atoms with Gasteiger partial charge in [0.1, 0.15) is 0 Å². The average molecular weight is 294 g/mol. The second-order valence-electron chi connectivity index (χ2n) is 6.27. The van der Waals surface area contributed by atoms with Crippen LogP contribution in [0, 0.1) is 31.1 Å². The minimum Gasteiger partial charge on any atom is -0.299 e. The molecule has 22 heavy (non-hydrogen) atoms. The Hall–Kier alpha value is -2.12. The fraction of sp³-hybridized carbons (Fsp3) is 0.444. The highest BCUT2D eigenvalue weighted by molar-refractivity contribution is 5.67. The molecular weight excluding hydrogens is 272 g/mol. The normalized spacial score (nSPS) is 16.6. The Morgan fingerprint density at radius 3 is 2.82 bits per heavy atom. The van der Waals surface area contributed by atoms with Crippen LogP contribution < -0.4 is 0 Å².